The lowest BCUT2D eigenvalue weighted by Crippen LogP contribution is -2.22. The van der Waals surface area contributed by atoms with E-state index in [4.69, 9.17) is 0 Å². The summed E-state index contributed by atoms with van der Waals surface area (Å²) in [5.41, 5.74) is -0.697. The molecule has 0 aromatic rings. The van der Waals surface area contributed by atoms with Gasteiger partial charge in [0.25, 0.3) is 12.3 Å². The second-order valence-corrected chi connectivity index (χ2v) is 1.41. The van der Waals surface area contributed by atoms with E-state index in [1.165, 1.54) is 7.05 Å². The van der Waals surface area contributed by atoms with Gasteiger partial charge in [-0.2, -0.15) is 0 Å². The molecule has 0 aliphatic heterocycles. The van der Waals surface area contributed by atoms with Crippen LogP contribution >= 0.6 is 0 Å². The predicted octanol–water partition coefficient (Wildman–Crippen LogP) is 0.554. The molecule has 0 fully saturated rings. The van der Waals surface area contributed by atoms with Crippen molar-refractivity contribution in [2.45, 2.75) is 6.43 Å². The van der Waals surface area contributed by atoms with Crippen LogP contribution in [0, 0.1) is 0 Å². The van der Waals surface area contributed by atoms with Crippen molar-refractivity contribution >= 4 is 5.91 Å². The number of hydrogen-bond donors (Lipinski definition) is 1. The first kappa shape index (κ1) is 8.07. The third-order valence-corrected chi connectivity index (χ3v) is 0.782. The number of carbonyl (C=O) groups excluding carboxylic acids is 1. The maximum atomic E-state index is 11.5. The molecule has 0 saturated carbocycles. The van der Waals surface area contributed by atoms with Crippen LogP contribution in [-0.4, -0.2) is 19.4 Å². The van der Waals surface area contributed by atoms with E-state index >= 15 is 0 Å². The number of likely N-dealkylation sites (N-methyl/N-ethyl adjacent to an activating group) is 1. The fraction of sp³-hybridized carbons (Fsp3) is 0.400. The SMILES string of the molecule is C=C(C(=O)NC)C(F)F. The van der Waals surface area contributed by atoms with Gasteiger partial charge in [0, 0.05) is 7.05 Å². The first-order valence-corrected chi connectivity index (χ1v) is 2.28. The molecule has 0 aromatic heterocycles. The summed E-state index contributed by atoms with van der Waals surface area (Å²) in [5.74, 6) is -0.815. The zero-order chi connectivity index (χ0) is 7.44. The van der Waals surface area contributed by atoms with Gasteiger partial charge in [0.15, 0.2) is 0 Å². The lowest BCUT2D eigenvalue weighted by molar-refractivity contribution is -0.118. The first-order chi connectivity index (χ1) is 4.09. The molecule has 1 amide bonds. The molecule has 0 heterocycles. The van der Waals surface area contributed by atoms with E-state index in [9.17, 15) is 13.6 Å². The van der Waals surface area contributed by atoms with Crippen LogP contribution in [0.2, 0.25) is 0 Å². The molecule has 9 heavy (non-hydrogen) atoms. The maximum Gasteiger partial charge on any atom is 0.268 e. The molecule has 0 radical (unpaired) electrons. The Labute approximate surface area is 51.6 Å². The number of rotatable bonds is 2. The van der Waals surface area contributed by atoms with E-state index < -0.39 is 17.9 Å². The molecule has 4 heteroatoms. The highest BCUT2D eigenvalue weighted by Gasteiger charge is 2.14. The maximum absolute atomic E-state index is 11.5. The number of halogens is 2. The number of amides is 1. The van der Waals surface area contributed by atoms with Crippen LogP contribution in [0.5, 0.6) is 0 Å². The van der Waals surface area contributed by atoms with Gasteiger partial charge in [0.2, 0.25) is 0 Å². The molecular weight excluding hydrogens is 128 g/mol. The summed E-state index contributed by atoms with van der Waals surface area (Å²) >= 11 is 0. The fourth-order valence-electron chi connectivity index (χ4n) is 0.260. The minimum atomic E-state index is -2.76. The van der Waals surface area contributed by atoms with Crippen molar-refractivity contribution in [3.8, 4) is 0 Å². The van der Waals surface area contributed by atoms with E-state index in [1.807, 2.05) is 5.32 Å². The second kappa shape index (κ2) is 3.17. The monoisotopic (exact) mass is 135 g/mol. The van der Waals surface area contributed by atoms with Crippen LogP contribution in [0.3, 0.4) is 0 Å². The highest BCUT2D eigenvalue weighted by Crippen LogP contribution is 2.04. The lowest BCUT2D eigenvalue weighted by atomic mass is 10.3. The first-order valence-electron chi connectivity index (χ1n) is 2.28. The molecule has 0 atom stereocenters. The van der Waals surface area contributed by atoms with Crippen molar-refractivity contribution in [2.24, 2.45) is 0 Å². The van der Waals surface area contributed by atoms with E-state index in [0.29, 0.717) is 0 Å². The summed E-state index contributed by atoms with van der Waals surface area (Å²) in [5, 5.41) is 2.03. The zero-order valence-corrected chi connectivity index (χ0v) is 4.95. The summed E-state index contributed by atoms with van der Waals surface area (Å²) in [6.07, 6.45) is -2.76. The molecule has 52 valence electrons. The quantitative estimate of drug-likeness (QED) is 0.550. The van der Waals surface area contributed by atoms with Gasteiger partial charge >= 0.3 is 0 Å². The second-order valence-electron chi connectivity index (χ2n) is 1.41. The molecule has 0 saturated heterocycles. The number of alkyl halides is 2. The highest BCUT2D eigenvalue weighted by molar-refractivity contribution is 5.93. The Morgan fingerprint density at radius 1 is 1.67 bits per heavy atom. The number of hydrogen-bond acceptors (Lipinski definition) is 1. The van der Waals surface area contributed by atoms with Gasteiger partial charge in [-0.05, 0) is 0 Å². The average Bonchev–Trinajstić information content (AvgIpc) is 1.84. The minimum Gasteiger partial charge on any atom is -0.355 e. The van der Waals surface area contributed by atoms with E-state index in [1.54, 1.807) is 0 Å². The van der Waals surface area contributed by atoms with Crippen LogP contribution in [-0.2, 0) is 4.79 Å². The van der Waals surface area contributed by atoms with Gasteiger partial charge in [0.05, 0.1) is 5.57 Å². The van der Waals surface area contributed by atoms with E-state index in [2.05, 4.69) is 6.58 Å². The van der Waals surface area contributed by atoms with Crippen molar-refractivity contribution in [1.29, 1.82) is 0 Å². The highest BCUT2D eigenvalue weighted by atomic mass is 19.3. The van der Waals surface area contributed by atoms with Crippen molar-refractivity contribution in [1.82, 2.24) is 5.32 Å². The Balaban J connectivity index is 3.89. The molecule has 0 aliphatic rings. The standard InChI is InChI=1S/C5H7F2NO/c1-3(4(6)7)5(9)8-2/h4H,1H2,2H3,(H,8,9). The molecule has 0 unspecified atom stereocenters. The lowest BCUT2D eigenvalue weighted by Gasteiger charge is -1.99. The summed E-state index contributed by atoms with van der Waals surface area (Å²) in [7, 11) is 1.27. The largest absolute Gasteiger partial charge is 0.355 e. The van der Waals surface area contributed by atoms with Gasteiger partial charge in [-0.3, -0.25) is 4.79 Å². The van der Waals surface area contributed by atoms with Gasteiger partial charge in [0.1, 0.15) is 0 Å². The van der Waals surface area contributed by atoms with Crippen molar-refractivity contribution < 1.29 is 13.6 Å². The normalized spacial score (nSPS) is 9.33. The molecule has 0 aliphatic carbocycles. The summed E-state index contributed by atoms with van der Waals surface area (Å²) in [6.45, 7) is 2.86. The van der Waals surface area contributed by atoms with Crippen molar-refractivity contribution in [2.75, 3.05) is 7.05 Å². The molecule has 2 nitrogen and oxygen atoms in total. The number of carbonyl (C=O) groups is 1. The topological polar surface area (TPSA) is 29.1 Å². The van der Waals surface area contributed by atoms with Gasteiger partial charge < -0.3 is 5.32 Å². The van der Waals surface area contributed by atoms with Crippen LogP contribution in [0.25, 0.3) is 0 Å². The van der Waals surface area contributed by atoms with Gasteiger partial charge in [-0.1, -0.05) is 6.58 Å². The van der Waals surface area contributed by atoms with Gasteiger partial charge in [-0.25, -0.2) is 8.78 Å². The number of nitrogens with one attached hydrogen (secondary N) is 1. The summed E-state index contributed by atoms with van der Waals surface area (Å²) < 4.78 is 23.0. The predicted molar refractivity (Wildman–Crippen MR) is 29.2 cm³/mol. The van der Waals surface area contributed by atoms with Crippen LogP contribution < -0.4 is 5.32 Å². The van der Waals surface area contributed by atoms with E-state index in [-0.39, 0.29) is 0 Å². The third-order valence-electron chi connectivity index (χ3n) is 0.782. The van der Waals surface area contributed by atoms with Crippen molar-refractivity contribution in [3.05, 3.63) is 12.2 Å². The van der Waals surface area contributed by atoms with E-state index in [0.717, 1.165) is 0 Å². The Hall–Kier alpha value is -0.930. The average molecular weight is 135 g/mol. The van der Waals surface area contributed by atoms with Crippen molar-refractivity contribution in [3.63, 3.8) is 0 Å². The summed E-state index contributed by atoms with van der Waals surface area (Å²) in [6, 6.07) is 0. The molecule has 0 rings (SSSR count). The van der Waals surface area contributed by atoms with Crippen LogP contribution in [0.15, 0.2) is 12.2 Å². The van der Waals surface area contributed by atoms with Crippen LogP contribution in [0.1, 0.15) is 0 Å². The molecule has 0 spiro atoms. The summed E-state index contributed by atoms with van der Waals surface area (Å²) in [4.78, 5) is 10.3. The molecule has 0 bridgehead atoms. The minimum absolute atomic E-state index is 0.697. The smallest absolute Gasteiger partial charge is 0.268 e. The molecular formula is C5H7F2NO. The molecule has 1 N–H and O–H groups in total. The third kappa shape index (κ3) is 2.21. The zero-order valence-electron chi connectivity index (χ0n) is 4.95. The fourth-order valence-corrected chi connectivity index (χ4v) is 0.260. The Morgan fingerprint density at radius 3 is 2.22 bits per heavy atom. The molecule has 0 aromatic carbocycles. The van der Waals surface area contributed by atoms with Crippen LogP contribution in [0.4, 0.5) is 8.78 Å². The Kier molecular flexibility index (Phi) is 2.84. The Morgan fingerprint density at radius 2 is 2.11 bits per heavy atom. The Bertz CT molecular complexity index is 133. The van der Waals surface area contributed by atoms with Gasteiger partial charge in [-0.15, -0.1) is 0 Å².